The SMILES string of the molecule is C=CCOC(=O)Oc1c(C)c2c(c3c1[C@H]1SC[C@]4(NCCc5c4[nH]c4ccccc54)C(=O)OC[C@@H]3N3C1[C@@H]1c4c(cc(C)c(OC)c4O)C[C@@H]([C@@H]3O)N1C)OCO2. The lowest BCUT2D eigenvalue weighted by Gasteiger charge is -2.62. The summed E-state index contributed by atoms with van der Waals surface area (Å²) in [4.78, 5) is 36.0. The number of aliphatic hydroxyl groups is 1. The number of methoxy groups -OCH3 is 1. The number of thioether (sulfide) groups is 1. The van der Waals surface area contributed by atoms with Crippen LogP contribution in [0.25, 0.3) is 10.9 Å². The molecule has 1 aromatic heterocycles. The van der Waals surface area contributed by atoms with E-state index >= 15 is 0 Å². The normalized spacial score (nSPS) is 28.5. The van der Waals surface area contributed by atoms with Gasteiger partial charge in [0.2, 0.25) is 6.79 Å². The van der Waals surface area contributed by atoms with Crippen LogP contribution >= 0.6 is 11.8 Å². The van der Waals surface area contributed by atoms with Crippen molar-refractivity contribution in [2.45, 2.75) is 67.9 Å². The summed E-state index contributed by atoms with van der Waals surface area (Å²) in [7, 11) is 3.51. The summed E-state index contributed by atoms with van der Waals surface area (Å²) in [5, 5.41) is 28.8. The van der Waals surface area contributed by atoms with Crippen molar-refractivity contribution < 1.29 is 48.2 Å². The molecule has 57 heavy (non-hydrogen) atoms. The van der Waals surface area contributed by atoms with Gasteiger partial charge in [-0.25, -0.2) is 9.59 Å². The van der Waals surface area contributed by atoms with Crippen LogP contribution in [-0.2, 0) is 32.6 Å². The molecule has 0 amide bonds. The highest BCUT2D eigenvalue weighted by Crippen LogP contribution is 2.64. The summed E-state index contributed by atoms with van der Waals surface area (Å²) in [6.45, 7) is 7.62. The van der Waals surface area contributed by atoms with Gasteiger partial charge in [0.1, 0.15) is 25.2 Å². The highest BCUT2D eigenvalue weighted by molar-refractivity contribution is 7.99. The molecule has 1 spiro atoms. The molecule has 4 aromatic rings. The largest absolute Gasteiger partial charge is 0.514 e. The minimum atomic E-state index is -1.27. The van der Waals surface area contributed by atoms with Gasteiger partial charge in [0, 0.05) is 51.5 Å². The Bertz CT molecular complexity index is 2380. The van der Waals surface area contributed by atoms with Gasteiger partial charge in [0.25, 0.3) is 0 Å². The van der Waals surface area contributed by atoms with E-state index in [0.29, 0.717) is 52.5 Å². The minimum Gasteiger partial charge on any atom is -0.504 e. The van der Waals surface area contributed by atoms with Crippen molar-refractivity contribution in [2.24, 2.45) is 0 Å². The van der Waals surface area contributed by atoms with Crippen molar-refractivity contribution in [3.8, 4) is 28.7 Å². The first kappa shape index (κ1) is 36.4. The first-order valence-corrected chi connectivity index (χ1v) is 20.3. The number of aromatic hydroxyl groups is 1. The molecule has 15 heteroatoms. The van der Waals surface area contributed by atoms with E-state index in [1.807, 2.05) is 50.1 Å². The Morgan fingerprint density at radius 3 is 2.75 bits per heavy atom. The number of phenolic OH excluding ortho intramolecular Hbond substituents is 1. The van der Waals surface area contributed by atoms with Crippen LogP contribution in [0.1, 0.15) is 62.0 Å². The van der Waals surface area contributed by atoms with Gasteiger partial charge in [-0.3, -0.25) is 15.1 Å². The third kappa shape index (κ3) is 5.05. The van der Waals surface area contributed by atoms with E-state index in [-0.39, 0.29) is 43.3 Å². The molecule has 1 unspecified atom stereocenters. The van der Waals surface area contributed by atoms with Crippen molar-refractivity contribution in [1.29, 1.82) is 0 Å². The number of benzene rings is 3. The zero-order valence-electron chi connectivity index (χ0n) is 32.0. The maximum Gasteiger partial charge on any atom is 0.514 e. The maximum absolute atomic E-state index is 14.8. The molecule has 298 valence electrons. The van der Waals surface area contributed by atoms with E-state index in [2.05, 4.69) is 27.8 Å². The number of H-pyrrole nitrogens is 1. The van der Waals surface area contributed by atoms with Crippen LogP contribution in [0.4, 0.5) is 4.79 Å². The number of ether oxygens (including phenoxy) is 6. The number of aryl methyl sites for hydroxylation is 1. The number of piperazine rings is 1. The fourth-order valence-electron chi connectivity index (χ4n) is 10.5. The van der Waals surface area contributed by atoms with E-state index in [1.54, 1.807) is 7.11 Å². The van der Waals surface area contributed by atoms with Gasteiger partial charge in [-0.1, -0.05) is 36.9 Å². The van der Waals surface area contributed by atoms with Crippen LogP contribution < -0.4 is 24.3 Å². The number of carbonyl (C=O) groups excluding carboxylic acids is 2. The fraction of sp³-hybridized carbons (Fsp3) is 0.429. The zero-order chi connectivity index (χ0) is 39.5. The number of esters is 1. The number of phenols is 1. The second-order valence-corrected chi connectivity index (χ2v) is 16.8. The average Bonchev–Trinajstić information content (AvgIpc) is 3.85. The number of hydrogen-bond acceptors (Lipinski definition) is 14. The molecule has 4 N–H and O–H groups in total. The van der Waals surface area contributed by atoms with Gasteiger partial charge in [0.05, 0.1) is 36.2 Å². The number of rotatable bonds is 4. The number of hydrogen-bond donors (Lipinski definition) is 4. The lowest BCUT2D eigenvalue weighted by molar-refractivity contribution is -0.186. The van der Waals surface area contributed by atoms with Crippen molar-refractivity contribution in [3.63, 3.8) is 0 Å². The predicted octanol–water partition coefficient (Wildman–Crippen LogP) is 4.96. The van der Waals surface area contributed by atoms with Gasteiger partial charge < -0.3 is 43.6 Å². The second kappa shape index (κ2) is 13.3. The molecule has 14 nitrogen and oxygen atoms in total. The minimum absolute atomic E-state index is 0.0447. The topological polar surface area (TPSA) is 164 Å². The van der Waals surface area contributed by atoms with Gasteiger partial charge in [0.15, 0.2) is 28.5 Å². The Labute approximate surface area is 333 Å². The lowest BCUT2D eigenvalue weighted by atomic mass is 9.73. The van der Waals surface area contributed by atoms with Gasteiger partial charge in [-0.2, -0.15) is 0 Å². The molecule has 0 aliphatic carbocycles. The molecule has 2 fully saturated rings. The van der Waals surface area contributed by atoms with Crippen LogP contribution in [0.5, 0.6) is 28.7 Å². The molecule has 3 aromatic carbocycles. The third-order valence-electron chi connectivity index (χ3n) is 12.9. The third-order valence-corrected chi connectivity index (χ3v) is 14.4. The van der Waals surface area contributed by atoms with Gasteiger partial charge in [-0.15, -0.1) is 11.8 Å². The predicted molar refractivity (Wildman–Crippen MR) is 209 cm³/mol. The lowest BCUT2D eigenvalue weighted by Crippen LogP contribution is -2.70. The van der Waals surface area contributed by atoms with Crippen molar-refractivity contribution >= 4 is 34.8 Å². The highest BCUT2D eigenvalue weighted by atomic mass is 32.2. The van der Waals surface area contributed by atoms with Crippen LogP contribution in [0.15, 0.2) is 43.0 Å². The Morgan fingerprint density at radius 2 is 1.95 bits per heavy atom. The summed E-state index contributed by atoms with van der Waals surface area (Å²) >= 11 is 1.50. The van der Waals surface area contributed by atoms with Crippen LogP contribution in [0.2, 0.25) is 0 Å². The average molecular weight is 797 g/mol. The number of aromatic amines is 1. The molecule has 4 bridgehead atoms. The highest BCUT2D eigenvalue weighted by Gasteiger charge is 2.61. The Balaban J connectivity index is 1.23. The molecular formula is C42H44N4O10S. The Hall–Kier alpha value is -4.93. The molecule has 7 aliphatic rings. The van der Waals surface area contributed by atoms with Crippen molar-refractivity contribution in [3.05, 3.63) is 87.6 Å². The standard InChI is InChI=1S/C42H44N4O10S/c1-6-13-52-41(50)56-34-20(3)35-36(55-18-54-35)28-26-16-53-40(49)42(38-23(11-12-43-42)22-9-7-8-10-24(22)44-38)17-57-37(29(28)34)31-30-27-21(14-19(2)33(51-5)32(27)47)15-25(45(30)4)39(48)46(26)31/h6-10,14,25-26,30-31,37,39,43-44,47-48H,1,11-13,15-18H2,2-5H3/t25-,26-,30-,31?,37+,39-,42+/m0/s1. The summed E-state index contributed by atoms with van der Waals surface area (Å²) in [5.41, 5.74) is 5.67. The van der Waals surface area contributed by atoms with E-state index in [9.17, 15) is 19.8 Å². The fourth-order valence-corrected chi connectivity index (χ4v) is 12.2. The van der Waals surface area contributed by atoms with E-state index < -0.39 is 47.3 Å². The molecular weight excluding hydrogens is 753 g/mol. The summed E-state index contributed by atoms with van der Waals surface area (Å²) in [6, 6.07) is 7.82. The number of para-hydroxylation sites is 1. The number of fused-ring (bicyclic) bond motifs is 11. The second-order valence-electron chi connectivity index (χ2n) is 15.6. The summed E-state index contributed by atoms with van der Waals surface area (Å²) in [5.74, 6) is 1.28. The molecule has 7 aliphatic heterocycles. The molecule has 0 saturated carbocycles. The summed E-state index contributed by atoms with van der Waals surface area (Å²) in [6.07, 6.45) is 0.666. The van der Waals surface area contributed by atoms with Crippen LogP contribution in [0.3, 0.4) is 0 Å². The van der Waals surface area contributed by atoms with Crippen molar-refractivity contribution in [2.75, 3.05) is 46.5 Å². The van der Waals surface area contributed by atoms with Crippen LogP contribution in [-0.4, -0.2) is 102 Å². The van der Waals surface area contributed by atoms with E-state index in [0.717, 1.165) is 39.7 Å². The number of aromatic nitrogens is 1. The number of nitrogens with one attached hydrogen (secondary N) is 2. The number of nitrogens with zero attached hydrogens (tertiary/aromatic N) is 2. The first-order valence-electron chi connectivity index (χ1n) is 19.2. The number of carbonyl (C=O) groups is 2. The molecule has 2 saturated heterocycles. The van der Waals surface area contributed by atoms with E-state index in [4.69, 9.17) is 28.4 Å². The summed E-state index contributed by atoms with van der Waals surface area (Å²) < 4.78 is 36.1. The van der Waals surface area contributed by atoms with E-state index in [1.165, 1.54) is 17.8 Å². The molecule has 0 radical (unpaired) electrons. The van der Waals surface area contributed by atoms with Gasteiger partial charge >= 0.3 is 12.1 Å². The molecule has 7 atom stereocenters. The van der Waals surface area contributed by atoms with Crippen LogP contribution in [0, 0.1) is 13.8 Å². The van der Waals surface area contributed by atoms with Gasteiger partial charge in [-0.05, 0) is 56.5 Å². The maximum atomic E-state index is 14.8. The zero-order valence-corrected chi connectivity index (χ0v) is 32.9. The monoisotopic (exact) mass is 796 g/mol. The molecule has 11 rings (SSSR count). The number of likely N-dealkylation sites (N-methyl/N-ethyl adjacent to an activating group) is 1. The Kier molecular flexibility index (Phi) is 8.50. The smallest absolute Gasteiger partial charge is 0.504 e. The van der Waals surface area contributed by atoms with Crippen molar-refractivity contribution in [1.82, 2.24) is 20.1 Å². The quantitative estimate of drug-likeness (QED) is 0.125. The first-order chi connectivity index (χ1) is 27.6. The Morgan fingerprint density at radius 1 is 1.14 bits per heavy atom. The number of aliphatic hydroxyl groups excluding tert-OH is 1. The molecule has 8 heterocycles.